The first kappa shape index (κ1) is 19.8. The zero-order chi connectivity index (χ0) is 18.9. The minimum Gasteiger partial charge on any atom is -0.481 e. The van der Waals surface area contributed by atoms with Crippen molar-refractivity contribution in [3.05, 3.63) is 59.7 Å². The SMILES string of the molecule is Cc1ccc(OC(C)C(=O)Nc2cccc(CSCCC(=O)O)c2)cc1. The van der Waals surface area contributed by atoms with Gasteiger partial charge in [0.25, 0.3) is 5.91 Å². The Balaban J connectivity index is 1.86. The summed E-state index contributed by atoms with van der Waals surface area (Å²) in [6, 6.07) is 15.1. The fourth-order valence-electron chi connectivity index (χ4n) is 2.21. The molecule has 0 radical (unpaired) electrons. The van der Waals surface area contributed by atoms with E-state index in [1.165, 1.54) is 0 Å². The largest absolute Gasteiger partial charge is 0.481 e. The number of nitrogens with one attached hydrogen (secondary N) is 1. The van der Waals surface area contributed by atoms with Crippen molar-refractivity contribution in [2.24, 2.45) is 0 Å². The lowest BCUT2D eigenvalue weighted by molar-refractivity contribution is -0.136. The number of aliphatic carboxylic acids is 1. The molecule has 0 bridgehead atoms. The van der Waals surface area contributed by atoms with Gasteiger partial charge in [0.05, 0.1) is 6.42 Å². The first-order valence-corrected chi connectivity index (χ1v) is 9.52. The number of benzene rings is 2. The van der Waals surface area contributed by atoms with Crippen LogP contribution in [0.1, 0.15) is 24.5 Å². The van der Waals surface area contributed by atoms with Gasteiger partial charge in [-0.3, -0.25) is 9.59 Å². The number of carboxylic acids is 1. The smallest absolute Gasteiger partial charge is 0.304 e. The number of hydrogen-bond donors (Lipinski definition) is 2. The third kappa shape index (κ3) is 6.80. The topological polar surface area (TPSA) is 75.6 Å². The molecule has 1 unspecified atom stereocenters. The van der Waals surface area contributed by atoms with Gasteiger partial charge in [0.1, 0.15) is 5.75 Å². The van der Waals surface area contributed by atoms with E-state index >= 15 is 0 Å². The van der Waals surface area contributed by atoms with E-state index in [0.29, 0.717) is 22.9 Å². The van der Waals surface area contributed by atoms with Gasteiger partial charge in [-0.1, -0.05) is 29.8 Å². The molecule has 2 rings (SSSR count). The van der Waals surface area contributed by atoms with E-state index in [0.717, 1.165) is 11.1 Å². The van der Waals surface area contributed by atoms with Crippen LogP contribution in [0.15, 0.2) is 48.5 Å². The molecule has 1 amide bonds. The average Bonchev–Trinajstić information content (AvgIpc) is 2.61. The molecule has 0 aliphatic heterocycles. The van der Waals surface area contributed by atoms with Gasteiger partial charge in [0, 0.05) is 17.2 Å². The Morgan fingerprint density at radius 2 is 1.92 bits per heavy atom. The highest BCUT2D eigenvalue weighted by atomic mass is 32.2. The fraction of sp³-hybridized carbons (Fsp3) is 0.300. The number of thioether (sulfide) groups is 1. The molecule has 0 aliphatic carbocycles. The second-order valence-electron chi connectivity index (χ2n) is 5.96. The predicted octanol–water partition coefficient (Wildman–Crippen LogP) is 4.11. The highest BCUT2D eigenvalue weighted by molar-refractivity contribution is 7.98. The van der Waals surface area contributed by atoms with Gasteiger partial charge in [0.15, 0.2) is 6.10 Å². The number of amides is 1. The molecule has 0 aliphatic rings. The Kier molecular flexibility index (Phi) is 7.53. The Morgan fingerprint density at radius 1 is 1.19 bits per heavy atom. The van der Waals surface area contributed by atoms with E-state index in [-0.39, 0.29) is 12.3 Å². The van der Waals surface area contributed by atoms with Crippen molar-refractivity contribution in [3.8, 4) is 5.75 Å². The van der Waals surface area contributed by atoms with Crippen LogP contribution >= 0.6 is 11.8 Å². The number of rotatable bonds is 9. The number of carboxylic acid groups (broad SMARTS) is 1. The van der Waals surface area contributed by atoms with Gasteiger partial charge in [-0.25, -0.2) is 0 Å². The van der Waals surface area contributed by atoms with Crippen LogP contribution in [0, 0.1) is 6.92 Å². The number of ether oxygens (including phenoxy) is 1. The minimum absolute atomic E-state index is 0.148. The summed E-state index contributed by atoms with van der Waals surface area (Å²) in [5.74, 6) is 0.906. The number of anilines is 1. The van der Waals surface area contributed by atoms with Crippen molar-refractivity contribution < 1.29 is 19.4 Å². The normalized spacial score (nSPS) is 11.6. The molecule has 2 N–H and O–H groups in total. The maximum absolute atomic E-state index is 12.3. The minimum atomic E-state index is -0.791. The molecule has 138 valence electrons. The summed E-state index contributed by atoms with van der Waals surface area (Å²) < 4.78 is 5.66. The highest BCUT2D eigenvalue weighted by Crippen LogP contribution is 2.18. The van der Waals surface area contributed by atoms with E-state index in [1.807, 2.05) is 55.5 Å². The van der Waals surface area contributed by atoms with Crippen LogP contribution in [-0.4, -0.2) is 28.8 Å². The molecule has 26 heavy (non-hydrogen) atoms. The molecular weight excluding hydrogens is 350 g/mol. The van der Waals surface area contributed by atoms with Crippen molar-refractivity contribution >= 4 is 29.3 Å². The van der Waals surface area contributed by atoms with Gasteiger partial charge >= 0.3 is 5.97 Å². The number of carbonyl (C=O) groups excluding carboxylic acids is 1. The van der Waals surface area contributed by atoms with Gasteiger partial charge in [-0.05, 0) is 43.7 Å². The molecule has 0 saturated carbocycles. The summed E-state index contributed by atoms with van der Waals surface area (Å²) in [6.45, 7) is 3.70. The number of hydrogen-bond acceptors (Lipinski definition) is 4. The van der Waals surface area contributed by atoms with Crippen LogP contribution < -0.4 is 10.1 Å². The Morgan fingerprint density at radius 3 is 2.62 bits per heavy atom. The molecule has 0 aromatic heterocycles. The lowest BCUT2D eigenvalue weighted by Gasteiger charge is -2.15. The van der Waals surface area contributed by atoms with Crippen molar-refractivity contribution in [1.82, 2.24) is 0 Å². The lowest BCUT2D eigenvalue weighted by Crippen LogP contribution is -2.30. The van der Waals surface area contributed by atoms with Crippen molar-refractivity contribution in [3.63, 3.8) is 0 Å². The lowest BCUT2D eigenvalue weighted by atomic mass is 10.2. The second-order valence-corrected chi connectivity index (χ2v) is 7.06. The summed E-state index contributed by atoms with van der Waals surface area (Å²) in [7, 11) is 0. The summed E-state index contributed by atoms with van der Waals surface area (Å²) in [4.78, 5) is 22.8. The fourth-order valence-corrected chi connectivity index (χ4v) is 3.09. The molecule has 1 atom stereocenters. The van der Waals surface area contributed by atoms with E-state index in [9.17, 15) is 9.59 Å². The second kappa shape index (κ2) is 9.87. The molecule has 0 heterocycles. The Labute approximate surface area is 157 Å². The summed E-state index contributed by atoms with van der Waals surface area (Å²) >= 11 is 1.55. The van der Waals surface area contributed by atoms with E-state index < -0.39 is 12.1 Å². The molecule has 0 saturated heterocycles. The van der Waals surface area contributed by atoms with Gasteiger partial charge in [0.2, 0.25) is 0 Å². The van der Waals surface area contributed by atoms with E-state index in [4.69, 9.17) is 9.84 Å². The van der Waals surface area contributed by atoms with Crippen molar-refractivity contribution in [1.29, 1.82) is 0 Å². The molecule has 0 spiro atoms. The molecule has 2 aromatic rings. The maximum atomic E-state index is 12.3. The van der Waals surface area contributed by atoms with Crippen LogP contribution in [0.4, 0.5) is 5.69 Å². The van der Waals surface area contributed by atoms with Crippen LogP contribution in [0.25, 0.3) is 0 Å². The number of aryl methyl sites for hydroxylation is 1. The first-order chi connectivity index (χ1) is 12.4. The zero-order valence-electron chi connectivity index (χ0n) is 14.9. The van der Waals surface area contributed by atoms with Crippen molar-refractivity contribution in [2.45, 2.75) is 32.1 Å². The van der Waals surface area contributed by atoms with Crippen LogP contribution in [0.3, 0.4) is 0 Å². The Hall–Kier alpha value is -2.47. The van der Waals surface area contributed by atoms with Crippen LogP contribution in [-0.2, 0) is 15.3 Å². The monoisotopic (exact) mass is 373 g/mol. The van der Waals surface area contributed by atoms with E-state index in [2.05, 4.69) is 5.32 Å². The third-order valence-electron chi connectivity index (χ3n) is 3.63. The van der Waals surface area contributed by atoms with E-state index in [1.54, 1.807) is 18.7 Å². The standard InChI is InChI=1S/C20H23NO4S/c1-14-6-8-18(9-7-14)25-15(2)20(24)21-17-5-3-4-16(12-17)13-26-11-10-19(22)23/h3-9,12,15H,10-11,13H2,1-2H3,(H,21,24)(H,22,23). The van der Waals surface area contributed by atoms with Gasteiger partial charge in [-0.15, -0.1) is 0 Å². The summed E-state index contributed by atoms with van der Waals surface area (Å²) in [5.41, 5.74) is 2.86. The average molecular weight is 373 g/mol. The van der Waals surface area contributed by atoms with Crippen LogP contribution in [0.2, 0.25) is 0 Å². The first-order valence-electron chi connectivity index (χ1n) is 8.36. The third-order valence-corrected chi connectivity index (χ3v) is 4.66. The molecule has 5 nitrogen and oxygen atoms in total. The zero-order valence-corrected chi connectivity index (χ0v) is 15.7. The molecule has 0 fully saturated rings. The number of carbonyl (C=O) groups is 2. The molecule has 6 heteroatoms. The molecular formula is C20H23NO4S. The summed E-state index contributed by atoms with van der Waals surface area (Å²) in [6.07, 6.45) is -0.471. The predicted molar refractivity (Wildman–Crippen MR) is 105 cm³/mol. The highest BCUT2D eigenvalue weighted by Gasteiger charge is 2.15. The van der Waals surface area contributed by atoms with Crippen molar-refractivity contribution in [2.75, 3.05) is 11.1 Å². The maximum Gasteiger partial charge on any atom is 0.304 e. The molecule has 2 aromatic carbocycles. The Bertz CT molecular complexity index is 746. The quantitative estimate of drug-likeness (QED) is 0.647. The van der Waals surface area contributed by atoms with Gasteiger partial charge in [-0.2, -0.15) is 11.8 Å². The van der Waals surface area contributed by atoms with Gasteiger partial charge < -0.3 is 15.2 Å². The summed E-state index contributed by atoms with van der Waals surface area (Å²) in [5, 5.41) is 11.5. The van der Waals surface area contributed by atoms with Crippen LogP contribution in [0.5, 0.6) is 5.75 Å².